The minimum Gasteiger partial charge on any atom is -0.495 e. The minimum absolute atomic E-state index is 0.0112. The van der Waals surface area contributed by atoms with Gasteiger partial charge in [-0.15, -0.1) is 0 Å². The second-order valence-corrected chi connectivity index (χ2v) is 8.78. The van der Waals surface area contributed by atoms with E-state index in [1.165, 1.54) is 19.2 Å². The number of amides is 1. The molecule has 0 spiro atoms. The second-order valence-electron chi connectivity index (χ2n) is 8.37. The van der Waals surface area contributed by atoms with Gasteiger partial charge in [-0.1, -0.05) is 12.1 Å². The van der Waals surface area contributed by atoms with E-state index >= 15 is 0 Å². The van der Waals surface area contributed by atoms with Crippen LogP contribution in [-0.4, -0.2) is 54.3 Å². The molecule has 0 saturated carbocycles. The number of carbonyl (C=O) groups is 1. The molecule has 1 amide bonds. The maximum absolute atomic E-state index is 12.9. The van der Waals surface area contributed by atoms with Gasteiger partial charge in [0.05, 0.1) is 30.9 Å². The number of carbonyl (C=O) groups excluding carboxylic acids is 1. The molecule has 194 valence electrons. The number of para-hydroxylation sites is 2. The predicted octanol–water partition coefficient (Wildman–Crippen LogP) is 4.38. The van der Waals surface area contributed by atoms with Gasteiger partial charge in [-0.3, -0.25) is 20.2 Å². The Balaban J connectivity index is 1.33. The molecule has 1 saturated heterocycles. The number of morpholine rings is 1. The quantitative estimate of drug-likeness (QED) is 0.209. The highest BCUT2D eigenvalue weighted by Crippen LogP contribution is 2.32. The van der Waals surface area contributed by atoms with Gasteiger partial charge in [0, 0.05) is 30.3 Å². The number of oxazole rings is 1. The summed E-state index contributed by atoms with van der Waals surface area (Å²) >= 11 is 5.35. The lowest BCUT2D eigenvalue weighted by molar-refractivity contribution is -0.384. The van der Waals surface area contributed by atoms with Crippen LogP contribution in [0.2, 0.25) is 0 Å². The monoisotopic (exact) mass is 533 g/mol. The summed E-state index contributed by atoms with van der Waals surface area (Å²) < 4.78 is 16.6. The zero-order chi connectivity index (χ0) is 26.6. The molecule has 0 unspecified atom stereocenters. The van der Waals surface area contributed by atoms with Crippen molar-refractivity contribution in [2.24, 2.45) is 0 Å². The molecule has 4 aromatic rings. The number of thiocarbonyl (C=S) groups is 1. The molecule has 11 nitrogen and oxygen atoms in total. The van der Waals surface area contributed by atoms with Crippen molar-refractivity contribution in [3.8, 4) is 17.2 Å². The first kappa shape index (κ1) is 25.1. The van der Waals surface area contributed by atoms with Crippen molar-refractivity contribution in [3.63, 3.8) is 0 Å². The molecule has 12 heteroatoms. The zero-order valence-electron chi connectivity index (χ0n) is 20.3. The van der Waals surface area contributed by atoms with E-state index < -0.39 is 10.8 Å². The number of rotatable bonds is 6. The Morgan fingerprint density at radius 2 is 1.92 bits per heavy atom. The fraction of sp³-hybridized carbons (Fsp3) is 0.192. The molecule has 1 aliphatic rings. The van der Waals surface area contributed by atoms with E-state index in [0.29, 0.717) is 60.5 Å². The lowest BCUT2D eigenvalue weighted by Crippen LogP contribution is -2.37. The smallest absolute Gasteiger partial charge is 0.293 e. The number of nitrogens with one attached hydrogen (secondary N) is 2. The van der Waals surface area contributed by atoms with Crippen molar-refractivity contribution >= 4 is 51.4 Å². The van der Waals surface area contributed by atoms with E-state index in [4.69, 9.17) is 26.1 Å². The molecule has 0 bridgehead atoms. The number of hydrogen-bond donors (Lipinski definition) is 2. The third-order valence-electron chi connectivity index (χ3n) is 6.00. The zero-order valence-corrected chi connectivity index (χ0v) is 21.1. The summed E-state index contributed by atoms with van der Waals surface area (Å²) in [6.07, 6.45) is 0. The molecule has 1 aromatic heterocycles. The first-order chi connectivity index (χ1) is 18.4. The fourth-order valence-corrected chi connectivity index (χ4v) is 4.35. The maximum atomic E-state index is 12.9. The van der Waals surface area contributed by atoms with Gasteiger partial charge in [0.1, 0.15) is 17.0 Å². The van der Waals surface area contributed by atoms with Crippen LogP contribution < -0.4 is 20.3 Å². The largest absolute Gasteiger partial charge is 0.495 e. The van der Waals surface area contributed by atoms with Gasteiger partial charge in [-0.05, 0) is 54.7 Å². The molecule has 1 aliphatic heterocycles. The number of ether oxygens (including phenoxy) is 2. The molecule has 0 atom stereocenters. The molecular formula is C26H23N5O6S. The van der Waals surface area contributed by atoms with Crippen LogP contribution in [0.4, 0.5) is 17.1 Å². The third-order valence-corrected chi connectivity index (χ3v) is 6.21. The average Bonchev–Trinajstić information content (AvgIpc) is 3.37. The fourth-order valence-electron chi connectivity index (χ4n) is 4.15. The molecule has 5 rings (SSSR count). The lowest BCUT2D eigenvalue weighted by atomic mass is 10.1. The maximum Gasteiger partial charge on any atom is 0.293 e. The van der Waals surface area contributed by atoms with Gasteiger partial charge < -0.3 is 24.1 Å². The van der Waals surface area contributed by atoms with Crippen molar-refractivity contribution in [2.45, 2.75) is 0 Å². The van der Waals surface area contributed by atoms with Crippen molar-refractivity contribution in [2.75, 3.05) is 43.6 Å². The number of hydrogen-bond acceptors (Lipinski definition) is 9. The first-order valence-electron chi connectivity index (χ1n) is 11.7. The van der Waals surface area contributed by atoms with E-state index in [0.717, 1.165) is 5.52 Å². The molecule has 0 radical (unpaired) electrons. The standard InChI is InChI=1S/C26H23N5O6S/c1-35-22-9-7-17(25-27-18-4-2-3-5-23(18)37-25)14-19(22)28-26(38)29-24(32)16-6-8-20(21(15-16)31(33)34)30-10-12-36-13-11-30/h2-9,14-15H,10-13H2,1H3,(H2,28,29,32,38). The number of aromatic nitrogens is 1. The van der Waals surface area contributed by atoms with Gasteiger partial charge in [0.25, 0.3) is 11.6 Å². The van der Waals surface area contributed by atoms with Crippen molar-refractivity contribution in [1.82, 2.24) is 10.3 Å². The summed E-state index contributed by atoms with van der Waals surface area (Å²) in [5.41, 5.74) is 2.92. The number of nitrogens with zero attached hydrogens (tertiary/aromatic N) is 3. The van der Waals surface area contributed by atoms with E-state index in [1.54, 1.807) is 24.3 Å². The molecule has 3 aromatic carbocycles. The highest BCUT2D eigenvalue weighted by Gasteiger charge is 2.24. The Hall–Kier alpha value is -4.55. The van der Waals surface area contributed by atoms with Crippen LogP contribution in [0.5, 0.6) is 5.75 Å². The number of benzene rings is 3. The van der Waals surface area contributed by atoms with Crippen LogP contribution in [-0.2, 0) is 4.74 Å². The van der Waals surface area contributed by atoms with Crippen LogP contribution in [0.3, 0.4) is 0 Å². The summed E-state index contributed by atoms with van der Waals surface area (Å²) in [5.74, 6) is 0.305. The van der Waals surface area contributed by atoms with E-state index in [9.17, 15) is 14.9 Å². The lowest BCUT2D eigenvalue weighted by Gasteiger charge is -2.28. The topological polar surface area (TPSA) is 132 Å². The highest BCUT2D eigenvalue weighted by atomic mass is 32.1. The second kappa shape index (κ2) is 10.8. The van der Waals surface area contributed by atoms with Crippen LogP contribution in [0, 0.1) is 10.1 Å². The highest BCUT2D eigenvalue weighted by molar-refractivity contribution is 7.80. The third kappa shape index (κ3) is 5.26. The number of anilines is 2. The molecule has 2 N–H and O–H groups in total. The molecule has 0 aliphatic carbocycles. The van der Waals surface area contributed by atoms with Crippen molar-refractivity contribution in [1.29, 1.82) is 0 Å². The Kier molecular flexibility index (Phi) is 7.15. The Labute approximate surface area is 222 Å². The Morgan fingerprint density at radius 1 is 1.13 bits per heavy atom. The van der Waals surface area contributed by atoms with Gasteiger partial charge in [0.15, 0.2) is 10.7 Å². The van der Waals surface area contributed by atoms with E-state index in [-0.39, 0.29) is 16.4 Å². The van der Waals surface area contributed by atoms with Crippen LogP contribution in [0.1, 0.15) is 10.4 Å². The van der Waals surface area contributed by atoms with E-state index in [2.05, 4.69) is 15.6 Å². The number of nitro groups is 1. The number of methoxy groups -OCH3 is 1. The summed E-state index contributed by atoms with van der Waals surface area (Å²) in [4.78, 5) is 30.5. The summed E-state index contributed by atoms with van der Waals surface area (Å²) in [6, 6.07) is 17.0. The molecule has 1 fully saturated rings. The Bertz CT molecular complexity index is 1500. The molecule has 38 heavy (non-hydrogen) atoms. The molecular weight excluding hydrogens is 510 g/mol. The SMILES string of the molecule is COc1ccc(-c2nc3ccccc3o2)cc1NC(=S)NC(=O)c1ccc(N2CCOCC2)c([N+](=O)[O-])c1. The number of nitro benzene ring substituents is 1. The van der Waals surface area contributed by atoms with Crippen LogP contribution >= 0.6 is 12.2 Å². The Morgan fingerprint density at radius 3 is 2.66 bits per heavy atom. The van der Waals surface area contributed by atoms with Crippen LogP contribution in [0.15, 0.2) is 65.1 Å². The summed E-state index contributed by atoms with van der Waals surface area (Å²) in [7, 11) is 1.51. The van der Waals surface area contributed by atoms with Gasteiger partial charge >= 0.3 is 0 Å². The minimum atomic E-state index is -0.590. The normalized spacial score (nSPS) is 13.2. The average molecular weight is 534 g/mol. The summed E-state index contributed by atoms with van der Waals surface area (Å²) in [6.45, 7) is 2.03. The molecule has 2 heterocycles. The number of fused-ring (bicyclic) bond motifs is 1. The van der Waals surface area contributed by atoms with Gasteiger partial charge in [-0.25, -0.2) is 4.98 Å². The summed E-state index contributed by atoms with van der Waals surface area (Å²) in [5, 5.41) is 17.2. The van der Waals surface area contributed by atoms with Gasteiger partial charge in [-0.2, -0.15) is 0 Å². The van der Waals surface area contributed by atoms with E-state index in [1.807, 2.05) is 29.2 Å². The first-order valence-corrected chi connectivity index (χ1v) is 12.1. The van der Waals surface area contributed by atoms with Crippen LogP contribution in [0.25, 0.3) is 22.6 Å². The van der Waals surface area contributed by atoms with Gasteiger partial charge in [0.2, 0.25) is 5.89 Å². The van der Waals surface area contributed by atoms with Crippen molar-refractivity contribution < 1.29 is 23.6 Å². The predicted molar refractivity (Wildman–Crippen MR) is 146 cm³/mol. The van der Waals surface area contributed by atoms with Crippen molar-refractivity contribution in [3.05, 3.63) is 76.3 Å².